The number of ether oxygens (including phenoxy) is 4. The van der Waals surface area contributed by atoms with Gasteiger partial charge in [0.1, 0.15) is 11.5 Å². The predicted octanol–water partition coefficient (Wildman–Crippen LogP) is 5.25. The van der Waals surface area contributed by atoms with Crippen LogP contribution in [0.3, 0.4) is 0 Å². The average Bonchev–Trinajstić information content (AvgIpc) is 2.86. The van der Waals surface area contributed by atoms with Gasteiger partial charge in [0.05, 0.1) is 34.1 Å². The molecule has 0 atom stereocenters. The number of rotatable bonds is 9. The number of para-hydroxylation sites is 2. The van der Waals surface area contributed by atoms with Crippen LogP contribution >= 0.6 is 0 Å². The molecule has 3 rings (SSSR count). The summed E-state index contributed by atoms with van der Waals surface area (Å²) in [6.07, 6.45) is 6.62. The highest BCUT2D eigenvalue weighted by Gasteiger charge is 2.13. The average molecular weight is 462 g/mol. The largest absolute Gasteiger partial charge is 0.507 e. The predicted molar refractivity (Wildman–Crippen MR) is 134 cm³/mol. The zero-order valence-electron chi connectivity index (χ0n) is 19.5. The molecule has 1 amide bonds. The highest BCUT2D eigenvalue weighted by Crippen LogP contribution is 2.39. The number of methoxy groups -OCH3 is 4. The van der Waals surface area contributed by atoms with Gasteiger partial charge in [-0.1, -0.05) is 42.5 Å². The summed E-state index contributed by atoms with van der Waals surface area (Å²) in [6.45, 7) is 0. The van der Waals surface area contributed by atoms with Crippen LogP contribution in [0.15, 0.2) is 60.7 Å². The van der Waals surface area contributed by atoms with Gasteiger partial charge < -0.3 is 29.4 Å². The van der Waals surface area contributed by atoms with Crippen LogP contribution in [-0.4, -0.2) is 39.5 Å². The summed E-state index contributed by atoms with van der Waals surface area (Å²) in [4.78, 5) is 12.6. The summed E-state index contributed by atoms with van der Waals surface area (Å²) in [7, 11) is 6.20. The minimum atomic E-state index is -0.366. The Labute approximate surface area is 198 Å². The number of carbonyl (C=O) groups excluding carboxylic acids is 1. The van der Waals surface area contributed by atoms with E-state index in [0.29, 0.717) is 34.2 Å². The minimum absolute atomic E-state index is 0.0952. The summed E-state index contributed by atoms with van der Waals surface area (Å²) in [6, 6.07) is 15.9. The first-order chi connectivity index (χ1) is 16.5. The molecule has 0 bridgehead atoms. The first-order valence-corrected chi connectivity index (χ1v) is 10.4. The minimum Gasteiger partial charge on any atom is -0.507 e. The third-order valence-electron chi connectivity index (χ3n) is 5.02. The summed E-state index contributed by atoms with van der Waals surface area (Å²) in [5, 5.41) is 12.8. The molecule has 7 nitrogen and oxygen atoms in total. The fourth-order valence-electron chi connectivity index (χ4n) is 3.33. The van der Waals surface area contributed by atoms with E-state index >= 15 is 0 Å². The second kappa shape index (κ2) is 11.5. The maximum absolute atomic E-state index is 12.6. The second-order valence-corrected chi connectivity index (χ2v) is 7.10. The molecule has 3 aromatic carbocycles. The lowest BCUT2D eigenvalue weighted by Gasteiger charge is -2.13. The van der Waals surface area contributed by atoms with Crippen LogP contribution in [0.1, 0.15) is 16.7 Å². The Morgan fingerprint density at radius 2 is 1.41 bits per heavy atom. The van der Waals surface area contributed by atoms with Gasteiger partial charge in [0, 0.05) is 17.2 Å². The molecule has 34 heavy (non-hydrogen) atoms. The van der Waals surface area contributed by atoms with Crippen LogP contribution in [0.5, 0.6) is 28.7 Å². The zero-order chi connectivity index (χ0) is 24.5. The van der Waals surface area contributed by atoms with Crippen LogP contribution in [0.25, 0.3) is 18.2 Å². The van der Waals surface area contributed by atoms with E-state index in [2.05, 4.69) is 5.32 Å². The smallest absolute Gasteiger partial charge is 0.248 e. The molecule has 0 saturated heterocycles. The van der Waals surface area contributed by atoms with E-state index in [-0.39, 0.29) is 11.7 Å². The molecule has 0 saturated carbocycles. The Balaban J connectivity index is 1.90. The Morgan fingerprint density at radius 3 is 2.03 bits per heavy atom. The number of phenolic OH excluding ortho intramolecular Hbond substituents is 1. The molecule has 0 heterocycles. The molecule has 3 aromatic rings. The molecule has 0 aliphatic rings. The molecule has 0 fully saturated rings. The summed E-state index contributed by atoms with van der Waals surface area (Å²) in [5.41, 5.74) is 2.60. The van der Waals surface area contributed by atoms with Gasteiger partial charge >= 0.3 is 0 Å². The Morgan fingerprint density at radius 1 is 0.765 bits per heavy atom. The van der Waals surface area contributed by atoms with Crippen molar-refractivity contribution in [1.82, 2.24) is 0 Å². The van der Waals surface area contributed by atoms with Crippen LogP contribution in [-0.2, 0) is 4.79 Å². The van der Waals surface area contributed by atoms with Crippen LogP contribution in [0.2, 0.25) is 0 Å². The maximum Gasteiger partial charge on any atom is 0.248 e. The quantitative estimate of drug-likeness (QED) is 0.334. The van der Waals surface area contributed by atoms with Gasteiger partial charge in [0.2, 0.25) is 11.7 Å². The number of benzene rings is 3. The van der Waals surface area contributed by atoms with Gasteiger partial charge in [0.15, 0.2) is 11.5 Å². The van der Waals surface area contributed by atoms with E-state index in [9.17, 15) is 9.90 Å². The zero-order valence-corrected chi connectivity index (χ0v) is 19.5. The molecule has 2 N–H and O–H groups in total. The fourth-order valence-corrected chi connectivity index (χ4v) is 3.33. The highest BCUT2D eigenvalue weighted by molar-refractivity contribution is 6.04. The molecular formula is C27H27NO6. The van der Waals surface area contributed by atoms with Crippen molar-refractivity contribution in [1.29, 1.82) is 0 Å². The van der Waals surface area contributed by atoms with E-state index in [1.807, 2.05) is 36.4 Å². The van der Waals surface area contributed by atoms with Gasteiger partial charge in [-0.15, -0.1) is 0 Å². The number of carbonyl (C=O) groups is 1. The molecule has 0 aromatic heterocycles. The van der Waals surface area contributed by atoms with Crippen molar-refractivity contribution in [3.05, 3.63) is 77.4 Å². The fraction of sp³-hybridized carbons (Fsp3) is 0.148. The van der Waals surface area contributed by atoms with Crippen molar-refractivity contribution in [3.63, 3.8) is 0 Å². The number of phenols is 1. The Kier molecular flexibility index (Phi) is 8.18. The molecule has 0 aliphatic heterocycles. The van der Waals surface area contributed by atoms with Crippen LogP contribution in [0, 0.1) is 0 Å². The monoisotopic (exact) mass is 461 g/mol. The van der Waals surface area contributed by atoms with Crippen molar-refractivity contribution in [2.45, 2.75) is 0 Å². The number of nitrogens with one attached hydrogen (secondary N) is 1. The molecule has 176 valence electrons. The lowest BCUT2D eigenvalue weighted by atomic mass is 10.1. The highest BCUT2D eigenvalue weighted by atomic mass is 16.5. The van der Waals surface area contributed by atoms with E-state index in [4.69, 9.17) is 18.9 Å². The van der Waals surface area contributed by atoms with Gasteiger partial charge in [-0.2, -0.15) is 0 Å². The van der Waals surface area contributed by atoms with Crippen molar-refractivity contribution in [2.75, 3.05) is 33.8 Å². The summed E-state index contributed by atoms with van der Waals surface area (Å²) in [5.74, 6) is 1.82. The van der Waals surface area contributed by atoms with Gasteiger partial charge in [-0.3, -0.25) is 4.79 Å². The first kappa shape index (κ1) is 24.3. The normalized spacial score (nSPS) is 10.9. The lowest BCUT2D eigenvalue weighted by molar-refractivity contribution is -0.111. The number of hydrogen-bond donors (Lipinski definition) is 2. The topological polar surface area (TPSA) is 86.3 Å². The summed E-state index contributed by atoms with van der Waals surface area (Å²) >= 11 is 0. The van der Waals surface area contributed by atoms with E-state index in [0.717, 1.165) is 11.1 Å². The van der Waals surface area contributed by atoms with Crippen molar-refractivity contribution in [3.8, 4) is 28.7 Å². The van der Waals surface area contributed by atoms with Crippen LogP contribution < -0.4 is 24.3 Å². The SMILES string of the molecule is COc1cccc(C=Cc2cc(OC)c(OC)c(OC)c2)c1NC(=O)/C=C/c1ccccc1O. The van der Waals surface area contributed by atoms with Crippen molar-refractivity contribution >= 4 is 29.8 Å². The van der Waals surface area contributed by atoms with Crippen LogP contribution in [0.4, 0.5) is 5.69 Å². The molecule has 0 spiro atoms. The summed E-state index contributed by atoms with van der Waals surface area (Å²) < 4.78 is 21.7. The van der Waals surface area contributed by atoms with Gasteiger partial charge in [-0.25, -0.2) is 0 Å². The first-order valence-electron chi connectivity index (χ1n) is 10.4. The standard InChI is InChI=1S/C27H27NO6/c1-31-22-11-7-9-20(13-12-18-16-23(32-2)27(34-4)24(17-18)33-3)26(22)28-25(30)15-14-19-8-5-6-10-21(19)29/h5-17,29H,1-4H3,(H,28,30)/b13-12?,15-14+. The van der Waals surface area contributed by atoms with E-state index in [1.165, 1.54) is 13.2 Å². The lowest BCUT2D eigenvalue weighted by Crippen LogP contribution is -2.10. The number of amides is 1. The third kappa shape index (κ3) is 5.69. The van der Waals surface area contributed by atoms with Crippen molar-refractivity contribution < 1.29 is 28.8 Å². The van der Waals surface area contributed by atoms with E-state index in [1.54, 1.807) is 57.7 Å². The number of hydrogen-bond acceptors (Lipinski definition) is 6. The second-order valence-electron chi connectivity index (χ2n) is 7.10. The Hall–Kier alpha value is -4.39. The molecular weight excluding hydrogens is 434 g/mol. The van der Waals surface area contributed by atoms with Gasteiger partial charge in [0.25, 0.3) is 0 Å². The molecule has 0 unspecified atom stereocenters. The Bertz CT molecular complexity index is 1190. The number of anilines is 1. The molecule has 0 aliphatic carbocycles. The van der Waals surface area contributed by atoms with Crippen molar-refractivity contribution in [2.24, 2.45) is 0 Å². The third-order valence-corrected chi connectivity index (χ3v) is 5.02. The number of aromatic hydroxyl groups is 1. The van der Waals surface area contributed by atoms with Gasteiger partial charge in [-0.05, 0) is 35.9 Å². The molecule has 7 heteroatoms. The van der Waals surface area contributed by atoms with E-state index < -0.39 is 0 Å². The molecule has 0 radical (unpaired) electrons. The maximum atomic E-state index is 12.6.